The lowest BCUT2D eigenvalue weighted by molar-refractivity contribution is -0.130. The highest BCUT2D eigenvalue weighted by Crippen LogP contribution is 2.11. The minimum Gasteiger partial charge on any atom is -0.352 e. The Morgan fingerprint density at radius 2 is 1.88 bits per heavy atom. The van der Waals surface area contributed by atoms with E-state index in [1.807, 2.05) is 18.7 Å². The van der Waals surface area contributed by atoms with Crippen molar-refractivity contribution < 1.29 is 14.4 Å². The zero-order valence-corrected chi connectivity index (χ0v) is 15.6. The van der Waals surface area contributed by atoms with E-state index in [2.05, 4.69) is 15.5 Å². The molecule has 1 aromatic rings. The molecule has 7 nitrogen and oxygen atoms in total. The molecule has 1 fully saturated rings. The van der Waals surface area contributed by atoms with E-state index in [0.717, 1.165) is 19.5 Å². The average molecular weight is 360 g/mol. The van der Waals surface area contributed by atoms with Crippen LogP contribution in [0.4, 0.5) is 5.69 Å². The number of rotatable bonds is 6. The Balaban J connectivity index is 1.88. The van der Waals surface area contributed by atoms with E-state index in [1.165, 1.54) is 0 Å². The Morgan fingerprint density at radius 1 is 1.08 bits per heavy atom. The lowest BCUT2D eigenvalue weighted by Gasteiger charge is -2.21. The van der Waals surface area contributed by atoms with E-state index in [4.69, 9.17) is 0 Å². The molecule has 26 heavy (non-hydrogen) atoms. The summed E-state index contributed by atoms with van der Waals surface area (Å²) >= 11 is 0. The Labute approximate surface area is 154 Å². The predicted octanol–water partition coefficient (Wildman–Crippen LogP) is 1.32. The van der Waals surface area contributed by atoms with Crippen molar-refractivity contribution >= 4 is 23.4 Å². The van der Waals surface area contributed by atoms with Crippen LogP contribution in [0, 0.1) is 0 Å². The molecule has 0 spiro atoms. The van der Waals surface area contributed by atoms with Crippen LogP contribution in [-0.4, -0.2) is 66.8 Å². The number of carbonyl (C=O) groups excluding carboxylic acids is 3. The van der Waals surface area contributed by atoms with Crippen LogP contribution in [0.5, 0.6) is 0 Å². The summed E-state index contributed by atoms with van der Waals surface area (Å²) in [5, 5.41) is 5.59. The van der Waals surface area contributed by atoms with Crippen LogP contribution < -0.4 is 10.6 Å². The summed E-state index contributed by atoms with van der Waals surface area (Å²) in [7, 11) is 0. The van der Waals surface area contributed by atoms with Gasteiger partial charge in [0.05, 0.1) is 6.54 Å². The fourth-order valence-corrected chi connectivity index (χ4v) is 3.01. The zero-order chi connectivity index (χ0) is 18.9. The van der Waals surface area contributed by atoms with Gasteiger partial charge in [-0.3, -0.25) is 19.3 Å². The van der Waals surface area contributed by atoms with Gasteiger partial charge < -0.3 is 15.5 Å². The summed E-state index contributed by atoms with van der Waals surface area (Å²) in [6.45, 7) is 7.46. The van der Waals surface area contributed by atoms with Crippen molar-refractivity contribution in [2.24, 2.45) is 0 Å². The molecular formula is C19H28N4O3. The number of anilines is 1. The highest BCUT2D eigenvalue weighted by Gasteiger charge is 2.19. The third-order valence-corrected chi connectivity index (χ3v) is 4.36. The van der Waals surface area contributed by atoms with Crippen molar-refractivity contribution in [3.63, 3.8) is 0 Å². The van der Waals surface area contributed by atoms with E-state index in [1.54, 1.807) is 24.3 Å². The van der Waals surface area contributed by atoms with Crippen LogP contribution in [0.1, 0.15) is 37.0 Å². The SMILES string of the molecule is CCNC(=O)c1cccc(NC(=O)CN2CCCN(C(=O)CC)CC2)c1. The van der Waals surface area contributed by atoms with Gasteiger partial charge in [0.2, 0.25) is 11.8 Å². The van der Waals surface area contributed by atoms with Crippen LogP contribution in [0.2, 0.25) is 0 Å². The van der Waals surface area contributed by atoms with Crippen LogP contribution in [0.15, 0.2) is 24.3 Å². The fourth-order valence-electron chi connectivity index (χ4n) is 3.01. The third kappa shape index (κ3) is 5.84. The maximum atomic E-state index is 12.3. The minimum absolute atomic E-state index is 0.117. The molecule has 0 bridgehead atoms. The standard InChI is InChI=1S/C19H28N4O3/c1-3-18(25)23-10-6-9-22(11-12-23)14-17(24)21-16-8-5-7-15(13-16)19(26)20-4-2/h5,7-8,13H,3-4,6,9-12,14H2,1-2H3,(H,20,26)(H,21,24). The summed E-state index contributed by atoms with van der Waals surface area (Å²) in [4.78, 5) is 40.0. The van der Waals surface area contributed by atoms with Gasteiger partial charge >= 0.3 is 0 Å². The first-order chi connectivity index (χ1) is 12.5. The quantitative estimate of drug-likeness (QED) is 0.802. The topological polar surface area (TPSA) is 81.8 Å². The molecule has 142 valence electrons. The molecule has 3 amide bonds. The normalized spacial score (nSPS) is 15.2. The van der Waals surface area contributed by atoms with Crippen molar-refractivity contribution in [1.82, 2.24) is 15.1 Å². The van der Waals surface area contributed by atoms with Gasteiger partial charge in [0.1, 0.15) is 0 Å². The summed E-state index contributed by atoms with van der Waals surface area (Å²) in [6, 6.07) is 6.91. The van der Waals surface area contributed by atoms with Crippen molar-refractivity contribution in [1.29, 1.82) is 0 Å². The summed E-state index contributed by atoms with van der Waals surface area (Å²) in [5.41, 5.74) is 1.13. The summed E-state index contributed by atoms with van der Waals surface area (Å²) in [5.74, 6) is -0.108. The molecule has 0 aliphatic carbocycles. The van der Waals surface area contributed by atoms with Gasteiger partial charge in [-0.25, -0.2) is 0 Å². The molecule has 1 aliphatic heterocycles. The van der Waals surface area contributed by atoms with Crippen molar-refractivity contribution in [3.05, 3.63) is 29.8 Å². The van der Waals surface area contributed by atoms with E-state index in [0.29, 0.717) is 37.3 Å². The molecule has 1 saturated heterocycles. The molecule has 0 radical (unpaired) electrons. The Hall–Kier alpha value is -2.41. The summed E-state index contributed by atoms with van der Waals surface area (Å²) in [6.07, 6.45) is 1.38. The first kappa shape index (κ1) is 19.9. The number of nitrogens with zero attached hydrogens (tertiary/aromatic N) is 2. The lowest BCUT2D eigenvalue weighted by Crippen LogP contribution is -2.37. The molecule has 2 rings (SSSR count). The van der Waals surface area contributed by atoms with Crippen molar-refractivity contribution in [3.8, 4) is 0 Å². The van der Waals surface area contributed by atoms with Crippen LogP contribution >= 0.6 is 0 Å². The minimum atomic E-state index is -0.156. The largest absolute Gasteiger partial charge is 0.352 e. The molecule has 1 heterocycles. The first-order valence-corrected chi connectivity index (χ1v) is 9.21. The second-order valence-electron chi connectivity index (χ2n) is 6.35. The van der Waals surface area contributed by atoms with Crippen LogP contribution in [-0.2, 0) is 9.59 Å². The van der Waals surface area contributed by atoms with Gasteiger partial charge in [0.15, 0.2) is 0 Å². The first-order valence-electron chi connectivity index (χ1n) is 9.21. The Bertz CT molecular complexity index is 647. The predicted molar refractivity (Wildman–Crippen MR) is 101 cm³/mol. The lowest BCUT2D eigenvalue weighted by atomic mass is 10.2. The van der Waals surface area contributed by atoms with Gasteiger partial charge in [0.25, 0.3) is 5.91 Å². The smallest absolute Gasteiger partial charge is 0.251 e. The fraction of sp³-hybridized carbons (Fsp3) is 0.526. The second kappa shape index (κ2) is 9.91. The Kier molecular flexibility index (Phi) is 7.59. The Morgan fingerprint density at radius 3 is 2.62 bits per heavy atom. The van der Waals surface area contributed by atoms with Gasteiger partial charge in [-0.2, -0.15) is 0 Å². The van der Waals surface area contributed by atoms with E-state index < -0.39 is 0 Å². The number of amides is 3. The molecule has 0 saturated carbocycles. The number of nitrogens with one attached hydrogen (secondary N) is 2. The molecule has 1 aliphatic rings. The molecule has 0 aromatic heterocycles. The monoisotopic (exact) mass is 360 g/mol. The molecule has 0 unspecified atom stereocenters. The van der Waals surface area contributed by atoms with Gasteiger partial charge in [-0.05, 0) is 31.5 Å². The maximum Gasteiger partial charge on any atom is 0.251 e. The molecule has 1 aromatic carbocycles. The number of benzene rings is 1. The number of carbonyl (C=O) groups is 3. The molecular weight excluding hydrogens is 332 g/mol. The highest BCUT2D eigenvalue weighted by molar-refractivity contribution is 5.97. The van der Waals surface area contributed by atoms with E-state index in [9.17, 15) is 14.4 Å². The molecule has 7 heteroatoms. The van der Waals surface area contributed by atoms with E-state index >= 15 is 0 Å². The average Bonchev–Trinajstić information content (AvgIpc) is 2.87. The maximum absolute atomic E-state index is 12.3. The van der Waals surface area contributed by atoms with Crippen LogP contribution in [0.3, 0.4) is 0 Å². The second-order valence-corrected chi connectivity index (χ2v) is 6.35. The van der Waals surface area contributed by atoms with Gasteiger partial charge in [-0.15, -0.1) is 0 Å². The highest BCUT2D eigenvalue weighted by atomic mass is 16.2. The molecule has 0 atom stereocenters. The van der Waals surface area contributed by atoms with Crippen molar-refractivity contribution in [2.75, 3.05) is 44.6 Å². The van der Waals surface area contributed by atoms with E-state index in [-0.39, 0.29) is 24.3 Å². The molecule has 2 N–H and O–H groups in total. The number of hydrogen-bond acceptors (Lipinski definition) is 4. The van der Waals surface area contributed by atoms with Gasteiger partial charge in [-0.1, -0.05) is 13.0 Å². The zero-order valence-electron chi connectivity index (χ0n) is 15.6. The van der Waals surface area contributed by atoms with Crippen LogP contribution in [0.25, 0.3) is 0 Å². The summed E-state index contributed by atoms with van der Waals surface area (Å²) < 4.78 is 0. The number of hydrogen-bond donors (Lipinski definition) is 2. The third-order valence-electron chi connectivity index (χ3n) is 4.36. The van der Waals surface area contributed by atoms with Crippen molar-refractivity contribution in [2.45, 2.75) is 26.7 Å². The van der Waals surface area contributed by atoms with Gasteiger partial charge in [0, 0.05) is 50.4 Å².